The topological polar surface area (TPSA) is 0 Å². The molecular formula is H13ClSi6. The molecule has 7 heteroatoms. The number of hydrogen-bond donors (Lipinski definition) is 0. The molecular weight excluding hydrogens is 204 g/mol. The van der Waals surface area contributed by atoms with Gasteiger partial charge in [0.2, 0.25) is 0 Å². The van der Waals surface area contributed by atoms with E-state index in [1.54, 1.807) is 9.76 Å². The van der Waals surface area contributed by atoms with E-state index >= 15 is 0 Å². The first-order chi connectivity index (χ1) is 3.41. The van der Waals surface area contributed by atoms with Crippen LogP contribution in [0.15, 0.2) is 0 Å². The Hall–Kier alpha value is 1.59. The number of rotatable bonds is 4. The minimum atomic E-state index is 0.139. The van der Waals surface area contributed by atoms with E-state index in [1.807, 2.05) is 0 Å². The Morgan fingerprint density at radius 1 is 1.14 bits per heavy atom. The Labute approximate surface area is 63.4 Å². The minimum Gasteiger partial charge on any atom is -0.181 e. The second kappa shape index (κ2) is 7.59. The molecule has 0 saturated carbocycles. The van der Waals surface area contributed by atoms with Gasteiger partial charge in [-0.3, -0.25) is 0 Å². The van der Waals surface area contributed by atoms with E-state index in [0.29, 0.717) is 17.1 Å². The van der Waals surface area contributed by atoms with Crippen molar-refractivity contribution in [1.29, 1.82) is 0 Å². The van der Waals surface area contributed by atoms with E-state index in [1.165, 1.54) is 0 Å². The molecule has 0 aliphatic heterocycles. The Morgan fingerprint density at radius 3 is 2.29 bits per heavy atom. The van der Waals surface area contributed by atoms with E-state index in [2.05, 4.69) is 0 Å². The predicted molar refractivity (Wildman–Crippen MR) is 58.5 cm³/mol. The maximum Gasteiger partial charge on any atom is 0.106 e. The van der Waals surface area contributed by atoms with Gasteiger partial charge in [-0.25, -0.2) is 0 Å². The second-order valence-corrected chi connectivity index (χ2v) is 47.2. The molecule has 0 unspecified atom stereocenters. The fourth-order valence-electron chi connectivity index (χ4n) is 0.521. The van der Waals surface area contributed by atoms with Gasteiger partial charge in [-0.2, -0.15) is 11.1 Å². The van der Waals surface area contributed by atoms with Gasteiger partial charge in [-0.15, -0.1) is 0 Å². The van der Waals surface area contributed by atoms with Gasteiger partial charge in [0.25, 0.3) is 0 Å². The van der Waals surface area contributed by atoms with Gasteiger partial charge in [-0.1, -0.05) is 0 Å². The van der Waals surface area contributed by atoms with Crippen molar-refractivity contribution in [2.75, 3.05) is 0 Å². The van der Waals surface area contributed by atoms with Crippen molar-refractivity contribution in [2.45, 2.75) is 0 Å². The normalized spacial score (nSPS) is 18.4. The monoisotopic (exact) mass is 216 g/mol. The fourth-order valence-corrected chi connectivity index (χ4v) is 127. The molecule has 0 radical (unpaired) electrons. The Bertz CT molecular complexity index is 23.4. The third kappa shape index (κ3) is 7.59. The van der Waals surface area contributed by atoms with Crippen molar-refractivity contribution in [3.8, 4) is 0 Å². The zero-order chi connectivity index (χ0) is 5.54. The van der Waals surface area contributed by atoms with Crippen LogP contribution in [0.25, 0.3) is 0 Å². The molecule has 0 heterocycles. The maximum absolute atomic E-state index is 5.72. The SMILES string of the molecule is [SiH3][SiH2][SiH2][SiH2][SiH2][SiH2]Cl. The highest BCUT2D eigenvalue weighted by Crippen LogP contribution is 1.60. The highest BCUT2D eigenvalue weighted by atomic mass is 35.6. The Kier molecular flexibility index (Phi) is 9.32. The second-order valence-electron chi connectivity index (χ2n) is 1.75. The molecule has 0 amide bonds. The summed E-state index contributed by atoms with van der Waals surface area (Å²) in [5.41, 5.74) is 0. The van der Waals surface area contributed by atoms with Crippen LogP contribution in [0.3, 0.4) is 0 Å². The molecule has 0 aliphatic carbocycles. The van der Waals surface area contributed by atoms with Gasteiger partial charge in [0.05, 0.1) is 0 Å². The molecule has 0 nitrogen and oxygen atoms in total. The standard InChI is InChI=1S/ClH13Si6/c1-3-5-7-6-4-2/h3-7H2,2H3. The van der Waals surface area contributed by atoms with Gasteiger partial charge in [0, 0.05) is 8.55 Å². The summed E-state index contributed by atoms with van der Waals surface area (Å²) in [6, 6.07) is 0. The van der Waals surface area contributed by atoms with Crippen molar-refractivity contribution in [2.24, 2.45) is 0 Å². The fraction of sp³-hybridized carbons (Fsp3) is 0. The molecule has 44 valence electrons. The van der Waals surface area contributed by atoms with Crippen LogP contribution in [0, 0.1) is 0 Å². The molecule has 0 bridgehead atoms. The molecule has 0 spiro atoms. The Morgan fingerprint density at radius 2 is 1.86 bits per heavy atom. The zero-order valence-electron chi connectivity index (χ0n) is 4.91. The number of halogens is 1. The predicted octanol–water partition coefficient (Wildman–Crippen LogP) is -5.08. The van der Waals surface area contributed by atoms with Crippen LogP contribution in [-0.2, 0) is 0 Å². The molecule has 0 N–H and O–H groups in total. The van der Waals surface area contributed by atoms with Crippen LogP contribution in [0.4, 0.5) is 0 Å². The van der Waals surface area contributed by atoms with Gasteiger partial charge in [0.15, 0.2) is 0 Å². The van der Waals surface area contributed by atoms with E-state index in [-0.39, 0.29) is 8.35 Å². The van der Waals surface area contributed by atoms with Crippen molar-refractivity contribution in [3.63, 3.8) is 0 Å². The van der Waals surface area contributed by atoms with Crippen LogP contribution >= 0.6 is 11.1 Å². The van der Waals surface area contributed by atoms with Crippen molar-refractivity contribution < 1.29 is 0 Å². The molecule has 0 fully saturated rings. The highest BCUT2D eigenvalue weighted by Gasteiger charge is 1.86. The van der Waals surface area contributed by atoms with Crippen molar-refractivity contribution in [1.82, 2.24) is 0 Å². The molecule has 0 atom stereocenters. The summed E-state index contributed by atoms with van der Waals surface area (Å²) in [7, 11) is 4.56. The van der Waals surface area contributed by atoms with Crippen molar-refractivity contribution >= 4 is 63.4 Å². The van der Waals surface area contributed by atoms with Gasteiger partial charge >= 0.3 is 0 Å². The average Bonchev–Trinajstić information content (AvgIpc) is 1.69. The lowest BCUT2D eigenvalue weighted by molar-refractivity contribution is 3.91. The summed E-state index contributed by atoms with van der Waals surface area (Å²) in [6.07, 6.45) is 0. The molecule has 0 aromatic heterocycles. The van der Waals surface area contributed by atoms with E-state index in [4.69, 9.17) is 11.1 Å². The first kappa shape index (κ1) is 8.59. The van der Waals surface area contributed by atoms with E-state index in [0.717, 1.165) is 17.1 Å². The first-order valence-electron chi connectivity index (χ1n) is 2.97. The summed E-state index contributed by atoms with van der Waals surface area (Å²) >= 11 is 5.72. The highest BCUT2D eigenvalue weighted by molar-refractivity contribution is 7.61. The van der Waals surface area contributed by atoms with Gasteiger partial charge in [-0.05, 0) is 35.4 Å². The van der Waals surface area contributed by atoms with E-state index < -0.39 is 0 Å². The first-order valence-corrected chi connectivity index (χ1v) is 26.8. The third-order valence-electron chi connectivity index (χ3n) is 0.987. The van der Waals surface area contributed by atoms with Crippen LogP contribution in [0.5, 0.6) is 0 Å². The summed E-state index contributed by atoms with van der Waals surface area (Å²) in [6.45, 7) is 0. The molecule has 0 aromatic carbocycles. The van der Waals surface area contributed by atoms with Crippen LogP contribution in [0.2, 0.25) is 0 Å². The maximum atomic E-state index is 5.72. The lowest BCUT2D eigenvalue weighted by atomic mass is 26.3. The molecule has 0 saturated heterocycles. The summed E-state index contributed by atoms with van der Waals surface area (Å²) in [4.78, 5) is 0. The summed E-state index contributed by atoms with van der Waals surface area (Å²) < 4.78 is 0. The quantitative estimate of drug-likeness (QED) is 0.251. The molecule has 0 aromatic rings. The molecule has 0 rings (SSSR count). The Balaban J connectivity index is 2.45. The third-order valence-corrected chi connectivity index (χ3v) is 80.0. The molecule has 0 aliphatic rings. The van der Waals surface area contributed by atoms with E-state index in [9.17, 15) is 0 Å². The van der Waals surface area contributed by atoms with Gasteiger partial charge in [0.1, 0.15) is 8.35 Å². The largest absolute Gasteiger partial charge is 0.181 e. The minimum absolute atomic E-state index is 0.139. The van der Waals surface area contributed by atoms with Gasteiger partial charge < -0.3 is 0 Å². The summed E-state index contributed by atoms with van der Waals surface area (Å²) in [5, 5.41) is 0. The molecule has 7 heavy (non-hydrogen) atoms. The summed E-state index contributed by atoms with van der Waals surface area (Å²) in [5.74, 6) is 0. The average molecular weight is 217 g/mol. The lowest BCUT2D eigenvalue weighted by Gasteiger charge is -1.84. The lowest BCUT2D eigenvalue weighted by Crippen LogP contribution is -2.21. The van der Waals surface area contributed by atoms with Crippen molar-refractivity contribution in [3.05, 3.63) is 0 Å². The van der Waals surface area contributed by atoms with Crippen LogP contribution in [0.1, 0.15) is 0 Å². The smallest absolute Gasteiger partial charge is 0.106 e. The number of hydrogen-bond acceptors (Lipinski definition) is 0. The van der Waals surface area contributed by atoms with Crippen LogP contribution in [-0.4, -0.2) is 52.3 Å². The zero-order valence-corrected chi connectivity index (χ0v) is 14.7. The van der Waals surface area contributed by atoms with Crippen LogP contribution < -0.4 is 0 Å².